The molecule has 0 aliphatic carbocycles. The predicted octanol–water partition coefficient (Wildman–Crippen LogP) is 2.53. The van der Waals surface area contributed by atoms with Gasteiger partial charge in [-0.25, -0.2) is 0 Å². The molecule has 0 spiro atoms. The fraction of sp³-hybridized carbons (Fsp3) is 0.692. The van der Waals surface area contributed by atoms with Crippen molar-refractivity contribution in [1.82, 2.24) is 9.80 Å². The molecule has 1 saturated heterocycles. The molecule has 3 nitrogen and oxygen atoms in total. The molecule has 0 bridgehead atoms. The molecule has 0 aromatic carbocycles. The molecule has 0 radical (unpaired) electrons. The van der Waals surface area contributed by atoms with E-state index in [0.717, 1.165) is 24.1 Å². The Morgan fingerprint density at radius 3 is 2.72 bits per heavy atom. The van der Waals surface area contributed by atoms with E-state index in [1.807, 2.05) is 0 Å². The van der Waals surface area contributed by atoms with Gasteiger partial charge in [0.1, 0.15) is 0 Å². The Kier molecular flexibility index (Phi) is 4.83. The third-order valence-electron chi connectivity index (χ3n) is 3.62. The van der Waals surface area contributed by atoms with Crippen LogP contribution in [0, 0.1) is 0 Å². The Morgan fingerprint density at radius 2 is 2.22 bits per heavy atom. The number of nitrogens with zero attached hydrogens (tertiary/aromatic N) is 2. The predicted molar refractivity (Wildman–Crippen MR) is 82.1 cm³/mol. The van der Waals surface area contributed by atoms with Crippen LogP contribution in [0.25, 0.3) is 0 Å². The molecule has 1 aliphatic rings. The molecule has 18 heavy (non-hydrogen) atoms. The van der Waals surface area contributed by atoms with Crippen LogP contribution in [-0.4, -0.2) is 48.6 Å². The van der Waals surface area contributed by atoms with Gasteiger partial charge in [-0.15, -0.1) is 11.3 Å². The highest BCUT2D eigenvalue weighted by Gasteiger charge is 2.31. The van der Waals surface area contributed by atoms with Crippen LogP contribution < -0.4 is 5.73 Å². The number of thiophene rings is 1. The maximum atomic E-state index is 6.24. The van der Waals surface area contributed by atoms with Gasteiger partial charge < -0.3 is 10.6 Å². The minimum absolute atomic E-state index is 0.154. The number of hydrogen-bond donors (Lipinski definition) is 1. The largest absolute Gasteiger partial charge is 0.326 e. The summed E-state index contributed by atoms with van der Waals surface area (Å²) in [4.78, 5) is 6.32. The molecule has 0 amide bonds. The molecule has 1 aliphatic heterocycles. The number of likely N-dealkylation sites (N-methyl/N-ethyl adjacent to an activating group) is 1. The maximum absolute atomic E-state index is 6.24. The first-order valence-corrected chi connectivity index (χ1v) is 8.10. The fourth-order valence-corrected chi connectivity index (χ4v) is 4.45. The van der Waals surface area contributed by atoms with Crippen molar-refractivity contribution in [2.45, 2.75) is 32.0 Å². The normalized spacial score (nSPS) is 26.2. The van der Waals surface area contributed by atoms with Crippen LogP contribution in [-0.2, 0) is 0 Å². The lowest BCUT2D eigenvalue weighted by Gasteiger charge is -2.44. The van der Waals surface area contributed by atoms with Crippen molar-refractivity contribution in [2.75, 3.05) is 26.7 Å². The zero-order valence-electron chi connectivity index (χ0n) is 11.3. The molecule has 1 aromatic rings. The van der Waals surface area contributed by atoms with Crippen LogP contribution in [0.15, 0.2) is 15.9 Å². The average molecular weight is 332 g/mol. The third-order valence-corrected chi connectivity index (χ3v) is 5.38. The maximum Gasteiger partial charge on any atom is 0.0594 e. The van der Waals surface area contributed by atoms with Crippen LogP contribution in [0.4, 0.5) is 0 Å². The SMILES string of the molecule is CC(N)C(c1cc(Br)cs1)N1CCN(C)CC1C. The van der Waals surface area contributed by atoms with E-state index >= 15 is 0 Å². The molecule has 2 rings (SSSR count). The molecule has 102 valence electrons. The first-order chi connectivity index (χ1) is 8.49. The zero-order valence-corrected chi connectivity index (χ0v) is 13.7. The second-order valence-corrected chi connectivity index (χ2v) is 7.18. The van der Waals surface area contributed by atoms with Crippen LogP contribution in [0.5, 0.6) is 0 Å². The molecule has 3 unspecified atom stereocenters. The third kappa shape index (κ3) is 3.14. The van der Waals surface area contributed by atoms with Gasteiger partial charge in [-0.05, 0) is 42.9 Å². The number of halogens is 1. The Bertz CT molecular complexity index is 393. The summed E-state index contributed by atoms with van der Waals surface area (Å²) in [5, 5.41) is 2.14. The minimum Gasteiger partial charge on any atom is -0.326 e. The monoisotopic (exact) mass is 331 g/mol. The summed E-state index contributed by atoms with van der Waals surface area (Å²) < 4.78 is 1.16. The summed E-state index contributed by atoms with van der Waals surface area (Å²) in [7, 11) is 2.19. The number of piperazine rings is 1. The lowest BCUT2D eigenvalue weighted by molar-refractivity contribution is 0.0535. The van der Waals surface area contributed by atoms with Gasteiger partial charge in [0.05, 0.1) is 6.04 Å². The van der Waals surface area contributed by atoms with E-state index in [2.05, 4.69) is 58.1 Å². The first kappa shape index (κ1) is 14.5. The van der Waals surface area contributed by atoms with Crippen LogP contribution in [0.3, 0.4) is 0 Å². The Morgan fingerprint density at radius 1 is 1.50 bits per heavy atom. The second kappa shape index (κ2) is 6.01. The second-order valence-electron chi connectivity index (χ2n) is 5.32. The molecule has 2 N–H and O–H groups in total. The fourth-order valence-electron chi connectivity index (χ4n) is 2.77. The van der Waals surface area contributed by atoms with E-state index in [1.54, 1.807) is 11.3 Å². The minimum atomic E-state index is 0.154. The summed E-state index contributed by atoms with van der Waals surface area (Å²) in [5.74, 6) is 0. The van der Waals surface area contributed by atoms with Gasteiger partial charge in [-0.3, -0.25) is 4.90 Å². The highest BCUT2D eigenvalue weighted by Crippen LogP contribution is 2.33. The molecule has 1 aromatic heterocycles. The van der Waals surface area contributed by atoms with Gasteiger partial charge in [0.2, 0.25) is 0 Å². The van der Waals surface area contributed by atoms with Gasteiger partial charge in [0, 0.05) is 46.4 Å². The summed E-state index contributed by atoms with van der Waals surface area (Å²) in [6, 6.07) is 3.26. The highest BCUT2D eigenvalue weighted by molar-refractivity contribution is 9.10. The topological polar surface area (TPSA) is 32.5 Å². The van der Waals surface area contributed by atoms with Gasteiger partial charge >= 0.3 is 0 Å². The standard InChI is InChI=1S/C13H22BrN3S/c1-9-7-16(3)4-5-17(9)13(10(2)15)12-6-11(14)8-18-12/h6,8-10,13H,4-5,7,15H2,1-3H3. The lowest BCUT2D eigenvalue weighted by Crippen LogP contribution is -2.54. The Balaban J connectivity index is 2.20. The average Bonchev–Trinajstić information content (AvgIpc) is 2.68. The number of rotatable bonds is 3. The van der Waals surface area contributed by atoms with Crippen molar-refractivity contribution in [3.8, 4) is 0 Å². The summed E-state index contributed by atoms with van der Waals surface area (Å²) in [5.41, 5.74) is 6.24. The Hall–Kier alpha value is 0.0600. The van der Waals surface area contributed by atoms with Gasteiger partial charge in [-0.2, -0.15) is 0 Å². The quantitative estimate of drug-likeness (QED) is 0.923. The molecule has 1 fully saturated rings. The molecule has 3 atom stereocenters. The van der Waals surface area contributed by atoms with Crippen LogP contribution in [0.1, 0.15) is 24.8 Å². The van der Waals surface area contributed by atoms with Gasteiger partial charge in [0.15, 0.2) is 0 Å². The molecule has 2 heterocycles. The molecular weight excluding hydrogens is 310 g/mol. The van der Waals surface area contributed by atoms with Crippen molar-refractivity contribution >= 4 is 27.3 Å². The van der Waals surface area contributed by atoms with Gasteiger partial charge in [-0.1, -0.05) is 0 Å². The van der Waals surface area contributed by atoms with Crippen LogP contribution >= 0.6 is 27.3 Å². The van der Waals surface area contributed by atoms with Crippen LogP contribution in [0.2, 0.25) is 0 Å². The smallest absolute Gasteiger partial charge is 0.0594 e. The first-order valence-electron chi connectivity index (χ1n) is 6.43. The van der Waals surface area contributed by atoms with Crippen molar-refractivity contribution in [2.24, 2.45) is 5.73 Å². The van der Waals surface area contributed by atoms with Gasteiger partial charge in [0.25, 0.3) is 0 Å². The van der Waals surface area contributed by atoms with Crippen molar-refractivity contribution in [3.05, 3.63) is 20.8 Å². The summed E-state index contributed by atoms with van der Waals surface area (Å²) >= 11 is 5.34. The summed E-state index contributed by atoms with van der Waals surface area (Å²) in [6.45, 7) is 7.76. The number of hydrogen-bond acceptors (Lipinski definition) is 4. The Labute approximate surface area is 122 Å². The lowest BCUT2D eigenvalue weighted by atomic mass is 10.0. The van der Waals surface area contributed by atoms with E-state index in [0.29, 0.717) is 12.1 Å². The number of nitrogens with two attached hydrogens (primary N) is 1. The van der Waals surface area contributed by atoms with E-state index < -0.39 is 0 Å². The van der Waals surface area contributed by atoms with E-state index in [9.17, 15) is 0 Å². The van der Waals surface area contributed by atoms with E-state index in [1.165, 1.54) is 4.88 Å². The summed E-state index contributed by atoms with van der Waals surface area (Å²) in [6.07, 6.45) is 0. The molecular formula is C13H22BrN3S. The molecule has 0 saturated carbocycles. The molecule has 5 heteroatoms. The highest BCUT2D eigenvalue weighted by atomic mass is 79.9. The van der Waals surface area contributed by atoms with Crippen molar-refractivity contribution in [1.29, 1.82) is 0 Å². The van der Waals surface area contributed by atoms with Crippen molar-refractivity contribution in [3.63, 3.8) is 0 Å². The van der Waals surface area contributed by atoms with E-state index in [4.69, 9.17) is 5.73 Å². The van der Waals surface area contributed by atoms with E-state index in [-0.39, 0.29) is 6.04 Å². The van der Waals surface area contributed by atoms with Crippen molar-refractivity contribution < 1.29 is 0 Å². The zero-order chi connectivity index (χ0) is 13.3.